The van der Waals surface area contributed by atoms with E-state index in [1.165, 1.54) is 0 Å². The lowest BCUT2D eigenvalue weighted by atomic mass is 10.1. The molecule has 0 heterocycles. The van der Waals surface area contributed by atoms with Gasteiger partial charge >= 0.3 is 5.91 Å². The maximum atomic E-state index is 10.9. The third-order valence-electron chi connectivity index (χ3n) is 1.80. The maximum absolute atomic E-state index is 10.9. The number of alkyl halides is 1. The fraction of sp³-hybridized carbons (Fsp3) is 0.300. The number of hydrogen-bond acceptors (Lipinski definition) is 2. The largest absolute Gasteiger partial charge is 0.316 e. The van der Waals surface area contributed by atoms with Gasteiger partial charge in [-0.3, -0.25) is 4.79 Å². The van der Waals surface area contributed by atoms with Crippen LogP contribution in [0.15, 0.2) is 29.4 Å². The van der Waals surface area contributed by atoms with Gasteiger partial charge in [-0.2, -0.15) is 0 Å². The van der Waals surface area contributed by atoms with Crippen molar-refractivity contribution in [1.82, 2.24) is 0 Å². The Morgan fingerprint density at radius 3 is 2.43 bits per heavy atom. The van der Waals surface area contributed by atoms with Gasteiger partial charge in [-0.1, -0.05) is 41.6 Å². The van der Waals surface area contributed by atoms with Crippen molar-refractivity contribution in [3.05, 3.63) is 40.3 Å². The van der Waals surface area contributed by atoms with Crippen molar-refractivity contribution in [2.24, 2.45) is 5.18 Å². The molecule has 1 atom stereocenters. The van der Waals surface area contributed by atoms with Crippen molar-refractivity contribution < 1.29 is 4.79 Å². The van der Waals surface area contributed by atoms with Gasteiger partial charge in [0, 0.05) is 14.7 Å². The molecule has 4 heteroatoms. The Morgan fingerprint density at radius 2 is 2.00 bits per heavy atom. The van der Waals surface area contributed by atoms with Crippen molar-refractivity contribution >= 4 is 28.5 Å². The SMILES string of the molecule is CC(I)Cc1ccc(C(=O)N=O)cc1. The predicted octanol–water partition coefficient (Wildman–Crippen LogP) is 2.96. The summed E-state index contributed by atoms with van der Waals surface area (Å²) >= 11 is 2.34. The van der Waals surface area contributed by atoms with E-state index in [-0.39, 0.29) is 0 Å². The van der Waals surface area contributed by atoms with Crippen molar-refractivity contribution in [2.45, 2.75) is 17.3 Å². The number of rotatable bonds is 3. The van der Waals surface area contributed by atoms with E-state index in [9.17, 15) is 9.70 Å². The molecule has 0 aliphatic heterocycles. The molecule has 0 saturated heterocycles. The second-order valence-electron chi connectivity index (χ2n) is 3.08. The van der Waals surface area contributed by atoms with Gasteiger partial charge in [-0.25, -0.2) is 0 Å². The molecule has 0 spiro atoms. The molecular weight excluding hydrogens is 293 g/mol. The molecule has 1 unspecified atom stereocenters. The standard InChI is InChI=1S/C10H10INO2/c1-7(11)6-8-2-4-9(5-3-8)10(13)12-14/h2-5,7H,6H2,1H3. The number of nitrogens with zero attached hydrogens (tertiary/aromatic N) is 1. The fourth-order valence-corrected chi connectivity index (χ4v) is 1.67. The summed E-state index contributed by atoms with van der Waals surface area (Å²) in [7, 11) is 0. The topological polar surface area (TPSA) is 46.5 Å². The van der Waals surface area contributed by atoms with E-state index in [0.717, 1.165) is 12.0 Å². The van der Waals surface area contributed by atoms with Gasteiger partial charge in [0.2, 0.25) is 0 Å². The number of hydrogen-bond donors (Lipinski definition) is 0. The monoisotopic (exact) mass is 303 g/mol. The molecule has 1 rings (SSSR count). The van der Waals surface area contributed by atoms with Crippen LogP contribution in [0.5, 0.6) is 0 Å². The molecule has 1 amide bonds. The average Bonchev–Trinajstić information content (AvgIpc) is 2.17. The summed E-state index contributed by atoms with van der Waals surface area (Å²) in [6, 6.07) is 6.98. The molecule has 1 aromatic rings. The molecule has 0 N–H and O–H groups in total. The van der Waals surface area contributed by atoms with Crippen LogP contribution in [0.4, 0.5) is 0 Å². The Labute approximate surface area is 96.0 Å². The van der Waals surface area contributed by atoms with Gasteiger partial charge in [-0.15, -0.1) is 4.91 Å². The minimum absolute atomic E-state index is 0.352. The molecule has 0 aliphatic carbocycles. The summed E-state index contributed by atoms with van der Waals surface area (Å²) in [6.07, 6.45) is 0.962. The first-order chi connectivity index (χ1) is 6.63. The Balaban J connectivity index is 2.78. The van der Waals surface area contributed by atoms with Crippen LogP contribution in [0.3, 0.4) is 0 Å². The van der Waals surface area contributed by atoms with Crippen LogP contribution in [0.2, 0.25) is 0 Å². The number of amides is 1. The number of nitroso groups, excluding NO2 is 1. The van der Waals surface area contributed by atoms with Gasteiger partial charge in [0.15, 0.2) is 0 Å². The molecule has 0 aliphatic rings. The molecule has 0 radical (unpaired) electrons. The smallest absolute Gasteiger partial charge is 0.263 e. The molecule has 0 saturated carbocycles. The first-order valence-electron chi connectivity index (χ1n) is 4.24. The zero-order valence-electron chi connectivity index (χ0n) is 7.74. The van der Waals surface area contributed by atoms with Gasteiger partial charge in [0.25, 0.3) is 0 Å². The number of benzene rings is 1. The second-order valence-corrected chi connectivity index (χ2v) is 5.20. The Hall–Kier alpha value is -0.780. The molecule has 0 aromatic heterocycles. The van der Waals surface area contributed by atoms with Crippen LogP contribution in [0.1, 0.15) is 22.8 Å². The van der Waals surface area contributed by atoms with Gasteiger partial charge in [-0.05, 0) is 24.1 Å². The van der Waals surface area contributed by atoms with Crippen molar-refractivity contribution in [3.63, 3.8) is 0 Å². The van der Waals surface area contributed by atoms with E-state index >= 15 is 0 Å². The lowest BCUT2D eigenvalue weighted by Crippen LogP contribution is -1.98. The molecule has 0 fully saturated rings. The van der Waals surface area contributed by atoms with Crippen LogP contribution < -0.4 is 0 Å². The third-order valence-corrected chi connectivity index (χ3v) is 2.24. The van der Waals surface area contributed by atoms with E-state index in [1.807, 2.05) is 12.1 Å². The highest BCUT2D eigenvalue weighted by molar-refractivity contribution is 14.1. The zero-order valence-corrected chi connectivity index (χ0v) is 9.89. The van der Waals surface area contributed by atoms with Gasteiger partial charge in [0.1, 0.15) is 0 Å². The predicted molar refractivity (Wildman–Crippen MR) is 63.8 cm³/mol. The van der Waals surface area contributed by atoms with Crippen LogP contribution in [-0.4, -0.2) is 9.83 Å². The van der Waals surface area contributed by atoms with Crippen molar-refractivity contribution in [2.75, 3.05) is 0 Å². The number of halogens is 1. The summed E-state index contributed by atoms with van der Waals surface area (Å²) in [5.74, 6) is -0.709. The molecular formula is C10H10INO2. The van der Waals surface area contributed by atoms with E-state index < -0.39 is 5.91 Å². The van der Waals surface area contributed by atoms with E-state index in [0.29, 0.717) is 9.49 Å². The molecule has 74 valence electrons. The first-order valence-corrected chi connectivity index (χ1v) is 5.48. The van der Waals surface area contributed by atoms with Crippen LogP contribution in [0, 0.1) is 4.91 Å². The normalized spacial score (nSPS) is 12.1. The minimum Gasteiger partial charge on any atom is -0.263 e. The van der Waals surface area contributed by atoms with Crippen LogP contribution in [-0.2, 0) is 6.42 Å². The summed E-state index contributed by atoms with van der Waals surface area (Å²) in [6.45, 7) is 2.12. The highest BCUT2D eigenvalue weighted by atomic mass is 127. The lowest BCUT2D eigenvalue weighted by Gasteiger charge is -2.03. The second kappa shape index (κ2) is 5.19. The van der Waals surface area contributed by atoms with Crippen LogP contribution >= 0.6 is 22.6 Å². The summed E-state index contributed by atoms with van der Waals surface area (Å²) in [5, 5.41) is 2.36. The fourth-order valence-electron chi connectivity index (χ4n) is 1.16. The summed E-state index contributed by atoms with van der Waals surface area (Å²) < 4.78 is 0.554. The van der Waals surface area contributed by atoms with Crippen molar-refractivity contribution in [1.29, 1.82) is 0 Å². The average molecular weight is 303 g/mol. The highest BCUT2D eigenvalue weighted by Gasteiger charge is 2.05. The third kappa shape index (κ3) is 3.17. The minimum atomic E-state index is -0.709. The van der Waals surface area contributed by atoms with E-state index in [4.69, 9.17) is 0 Å². The van der Waals surface area contributed by atoms with Crippen LogP contribution in [0.25, 0.3) is 0 Å². The van der Waals surface area contributed by atoms with E-state index in [1.54, 1.807) is 12.1 Å². The summed E-state index contributed by atoms with van der Waals surface area (Å²) in [4.78, 5) is 20.8. The molecule has 14 heavy (non-hydrogen) atoms. The number of carbonyl (C=O) groups excluding carboxylic acids is 1. The van der Waals surface area contributed by atoms with Gasteiger partial charge in [0.05, 0.1) is 0 Å². The first kappa shape index (κ1) is 11.3. The maximum Gasteiger partial charge on any atom is 0.316 e. The molecule has 0 bridgehead atoms. The molecule has 3 nitrogen and oxygen atoms in total. The Kier molecular flexibility index (Phi) is 4.19. The highest BCUT2D eigenvalue weighted by Crippen LogP contribution is 2.11. The molecule has 1 aromatic carbocycles. The lowest BCUT2D eigenvalue weighted by molar-refractivity contribution is 0.100. The van der Waals surface area contributed by atoms with Gasteiger partial charge < -0.3 is 0 Å². The number of carbonyl (C=O) groups is 1. The quantitative estimate of drug-likeness (QED) is 0.489. The Morgan fingerprint density at radius 1 is 1.43 bits per heavy atom. The zero-order chi connectivity index (χ0) is 10.6. The summed E-state index contributed by atoms with van der Waals surface area (Å²) in [5.41, 5.74) is 1.51. The van der Waals surface area contributed by atoms with E-state index in [2.05, 4.69) is 34.7 Å². The van der Waals surface area contributed by atoms with Crippen molar-refractivity contribution in [3.8, 4) is 0 Å². The Bertz CT molecular complexity index is 332.